The lowest BCUT2D eigenvalue weighted by Gasteiger charge is -2.48. The largest absolute Gasteiger partial charge is 0.379 e. The molecule has 1 aliphatic heterocycles. The van der Waals surface area contributed by atoms with Gasteiger partial charge >= 0.3 is 6.03 Å². The van der Waals surface area contributed by atoms with Crippen molar-refractivity contribution in [1.29, 1.82) is 0 Å². The van der Waals surface area contributed by atoms with Crippen molar-refractivity contribution >= 4 is 11.7 Å². The van der Waals surface area contributed by atoms with Crippen LogP contribution >= 0.6 is 0 Å². The van der Waals surface area contributed by atoms with Crippen molar-refractivity contribution in [3.05, 3.63) is 11.5 Å². The van der Waals surface area contributed by atoms with E-state index in [0.29, 0.717) is 30.1 Å². The summed E-state index contributed by atoms with van der Waals surface area (Å²) in [4.78, 5) is 15.0. The standard InChI is InChI=1S/C18H30N4O3/c1-3-15-16(14(2)21-25-15)20-17(23)19-13-18(7-5-4-6-8-18)22-9-11-24-12-10-22/h3-13H2,1-2H3,(H2,19,20,23). The number of carbonyl (C=O) groups is 1. The Labute approximate surface area is 149 Å². The van der Waals surface area contributed by atoms with E-state index in [9.17, 15) is 4.79 Å². The van der Waals surface area contributed by atoms with Crippen molar-refractivity contribution in [2.45, 2.75) is 57.9 Å². The monoisotopic (exact) mass is 350 g/mol. The smallest absolute Gasteiger partial charge is 0.319 e. The van der Waals surface area contributed by atoms with Crippen LogP contribution < -0.4 is 10.6 Å². The third-order valence-corrected chi connectivity index (χ3v) is 5.54. The van der Waals surface area contributed by atoms with Crippen LogP contribution in [0.5, 0.6) is 0 Å². The molecular weight excluding hydrogens is 320 g/mol. The summed E-state index contributed by atoms with van der Waals surface area (Å²) in [6.45, 7) is 7.97. The number of nitrogens with one attached hydrogen (secondary N) is 2. The van der Waals surface area contributed by atoms with Crippen LogP contribution in [0, 0.1) is 6.92 Å². The van der Waals surface area contributed by atoms with Crippen molar-refractivity contribution in [1.82, 2.24) is 15.4 Å². The van der Waals surface area contributed by atoms with Crippen molar-refractivity contribution in [2.75, 3.05) is 38.2 Å². The Bertz CT molecular complexity index is 575. The van der Waals surface area contributed by atoms with Crippen LogP contribution in [0.1, 0.15) is 50.5 Å². The topological polar surface area (TPSA) is 79.6 Å². The molecule has 0 atom stereocenters. The molecule has 1 aliphatic carbocycles. The number of ether oxygens (including phenoxy) is 1. The van der Waals surface area contributed by atoms with Gasteiger partial charge < -0.3 is 19.9 Å². The first-order valence-corrected chi connectivity index (χ1v) is 9.47. The van der Waals surface area contributed by atoms with Gasteiger partial charge in [-0.3, -0.25) is 4.90 Å². The van der Waals surface area contributed by atoms with Crippen LogP contribution in [0.25, 0.3) is 0 Å². The first-order valence-electron chi connectivity index (χ1n) is 9.47. The van der Waals surface area contributed by atoms with Gasteiger partial charge in [-0.25, -0.2) is 4.79 Å². The molecule has 1 saturated heterocycles. The van der Waals surface area contributed by atoms with Gasteiger partial charge in [0.15, 0.2) is 5.76 Å². The Balaban J connectivity index is 1.62. The molecule has 2 heterocycles. The summed E-state index contributed by atoms with van der Waals surface area (Å²) in [5, 5.41) is 9.96. The van der Waals surface area contributed by atoms with Crippen LogP contribution in [0.4, 0.5) is 10.5 Å². The van der Waals surface area contributed by atoms with E-state index in [1.165, 1.54) is 19.3 Å². The summed E-state index contributed by atoms with van der Waals surface area (Å²) in [5.74, 6) is 0.716. The minimum atomic E-state index is -0.181. The van der Waals surface area contributed by atoms with Gasteiger partial charge in [-0.15, -0.1) is 0 Å². The van der Waals surface area contributed by atoms with Gasteiger partial charge in [0, 0.05) is 31.6 Å². The Morgan fingerprint density at radius 3 is 2.64 bits per heavy atom. The van der Waals surface area contributed by atoms with Crippen LogP contribution in [-0.4, -0.2) is 54.5 Å². The maximum atomic E-state index is 12.5. The van der Waals surface area contributed by atoms with Gasteiger partial charge in [0.2, 0.25) is 0 Å². The molecule has 7 nitrogen and oxygen atoms in total. The molecule has 0 unspecified atom stereocenters. The van der Waals surface area contributed by atoms with Crippen molar-refractivity contribution in [3.63, 3.8) is 0 Å². The second-order valence-corrected chi connectivity index (χ2v) is 7.11. The SMILES string of the molecule is CCc1onc(C)c1NC(=O)NCC1(N2CCOCC2)CCCCC1. The molecule has 25 heavy (non-hydrogen) atoms. The molecule has 2 aliphatic rings. The Morgan fingerprint density at radius 1 is 1.24 bits per heavy atom. The number of morpholine rings is 1. The summed E-state index contributed by atoms with van der Waals surface area (Å²) < 4.78 is 10.8. The zero-order valence-corrected chi connectivity index (χ0v) is 15.4. The lowest BCUT2D eigenvalue weighted by molar-refractivity contribution is -0.0356. The minimum absolute atomic E-state index is 0.0661. The van der Waals surface area contributed by atoms with Crippen molar-refractivity contribution < 1.29 is 14.1 Å². The Morgan fingerprint density at radius 2 is 1.96 bits per heavy atom. The van der Waals surface area contributed by atoms with E-state index in [2.05, 4.69) is 20.7 Å². The molecule has 2 fully saturated rings. The average Bonchev–Trinajstić information content (AvgIpc) is 3.01. The number of carbonyl (C=O) groups excluding carboxylic acids is 1. The average molecular weight is 350 g/mol. The van der Waals surface area contributed by atoms with E-state index < -0.39 is 0 Å². The Hall–Kier alpha value is -1.60. The molecule has 0 radical (unpaired) electrons. The van der Waals surface area contributed by atoms with Gasteiger partial charge in [-0.1, -0.05) is 31.3 Å². The molecule has 3 rings (SSSR count). The number of hydrogen-bond acceptors (Lipinski definition) is 5. The molecule has 2 N–H and O–H groups in total. The molecule has 2 amide bonds. The lowest BCUT2D eigenvalue weighted by Crippen LogP contribution is -2.60. The fourth-order valence-corrected chi connectivity index (χ4v) is 4.07. The molecule has 1 saturated carbocycles. The molecule has 140 valence electrons. The van der Waals surface area contributed by atoms with Gasteiger partial charge in [0.25, 0.3) is 0 Å². The van der Waals surface area contributed by atoms with Crippen LogP contribution in [0.2, 0.25) is 0 Å². The second-order valence-electron chi connectivity index (χ2n) is 7.11. The summed E-state index contributed by atoms with van der Waals surface area (Å²) in [6, 6.07) is -0.181. The first kappa shape index (κ1) is 18.2. The molecule has 0 bridgehead atoms. The summed E-state index contributed by atoms with van der Waals surface area (Å²) in [7, 11) is 0. The van der Waals surface area contributed by atoms with E-state index in [-0.39, 0.29) is 11.6 Å². The predicted octanol–water partition coefficient (Wildman–Crippen LogP) is 2.70. The highest BCUT2D eigenvalue weighted by Gasteiger charge is 2.38. The minimum Gasteiger partial charge on any atom is -0.379 e. The van der Waals surface area contributed by atoms with E-state index >= 15 is 0 Å². The third kappa shape index (κ3) is 4.15. The molecular formula is C18H30N4O3. The fourth-order valence-electron chi connectivity index (χ4n) is 4.07. The highest BCUT2D eigenvalue weighted by Crippen LogP contribution is 2.34. The number of anilines is 1. The number of rotatable bonds is 5. The summed E-state index contributed by atoms with van der Waals surface area (Å²) in [5.41, 5.74) is 1.48. The molecule has 0 aromatic carbocycles. The number of nitrogens with zero attached hydrogens (tertiary/aromatic N) is 2. The zero-order valence-electron chi connectivity index (χ0n) is 15.4. The highest BCUT2D eigenvalue weighted by atomic mass is 16.5. The summed E-state index contributed by atoms with van der Waals surface area (Å²) >= 11 is 0. The Kier molecular flexibility index (Phi) is 5.96. The normalized spacial score (nSPS) is 21.0. The maximum absolute atomic E-state index is 12.5. The van der Waals surface area contributed by atoms with Crippen LogP contribution in [0.3, 0.4) is 0 Å². The predicted molar refractivity (Wildman–Crippen MR) is 95.8 cm³/mol. The second kappa shape index (κ2) is 8.19. The molecule has 7 heteroatoms. The molecule has 0 spiro atoms. The number of aryl methyl sites for hydroxylation is 2. The van der Waals surface area contributed by atoms with E-state index in [1.54, 1.807) is 0 Å². The van der Waals surface area contributed by atoms with E-state index in [4.69, 9.17) is 9.26 Å². The van der Waals surface area contributed by atoms with Gasteiger partial charge in [0.1, 0.15) is 11.4 Å². The fraction of sp³-hybridized carbons (Fsp3) is 0.778. The molecule has 1 aromatic rings. The molecule has 1 aromatic heterocycles. The number of urea groups is 1. The van der Waals surface area contributed by atoms with Gasteiger partial charge in [-0.2, -0.15) is 0 Å². The van der Waals surface area contributed by atoms with Gasteiger partial charge in [0.05, 0.1) is 13.2 Å². The lowest BCUT2D eigenvalue weighted by atomic mass is 9.80. The third-order valence-electron chi connectivity index (χ3n) is 5.54. The number of aromatic nitrogens is 1. The van der Waals surface area contributed by atoms with Gasteiger partial charge in [-0.05, 0) is 19.8 Å². The number of amides is 2. The first-order chi connectivity index (χ1) is 12.1. The van der Waals surface area contributed by atoms with Crippen LogP contribution in [0.15, 0.2) is 4.52 Å². The van der Waals surface area contributed by atoms with Crippen molar-refractivity contribution in [2.24, 2.45) is 0 Å². The van der Waals surface area contributed by atoms with E-state index in [0.717, 1.165) is 39.1 Å². The summed E-state index contributed by atoms with van der Waals surface area (Å²) in [6.07, 6.45) is 6.72. The number of hydrogen-bond donors (Lipinski definition) is 2. The maximum Gasteiger partial charge on any atom is 0.319 e. The highest BCUT2D eigenvalue weighted by molar-refractivity contribution is 5.90. The van der Waals surface area contributed by atoms with E-state index in [1.807, 2.05) is 13.8 Å². The quantitative estimate of drug-likeness (QED) is 0.853. The van der Waals surface area contributed by atoms with Crippen molar-refractivity contribution in [3.8, 4) is 0 Å². The zero-order chi connectivity index (χ0) is 17.7. The van der Waals surface area contributed by atoms with Crippen LogP contribution in [-0.2, 0) is 11.2 Å².